The van der Waals surface area contributed by atoms with Gasteiger partial charge in [-0.05, 0) is 6.07 Å². The van der Waals surface area contributed by atoms with Gasteiger partial charge in [-0.15, -0.1) is 0 Å². The molecule has 0 fully saturated rings. The fourth-order valence-electron chi connectivity index (χ4n) is 1.22. The van der Waals surface area contributed by atoms with Crippen LogP contribution in [0.2, 0.25) is 10.0 Å². The maximum atomic E-state index is 10.7. The number of benzene rings is 1. The second kappa shape index (κ2) is 5.10. The van der Waals surface area contributed by atoms with E-state index < -0.39 is 32.2 Å². The van der Waals surface area contributed by atoms with Crippen molar-refractivity contribution < 1.29 is 14.8 Å². The van der Waals surface area contributed by atoms with Crippen LogP contribution in [-0.4, -0.2) is 14.8 Å². The first-order chi connectivity index (χ1) is 8.25. The van der Waals surface area contributed by atoms with Gasteiger partial charge in [-0.2, -0.15) is 0 Å². The molecule has 0 aliphatic carbocycles. The average molecular weight is 296 g/mol. The van der Waals surface area contributed by atoms with Crippen LogP contribution in [0.3, 0.4) is 0 Å². The van der Waals surface area contributed by atoms with E-state index in [9.17, 15) is 30.3 Å². The molecule has 0 unspecified atom stereocenters. The zero-order chi connectivity index (χ0) is 14.0. The Balaban J connectivity index is 3.55. The maximum Gasteiger partial charge on any atom is 0.483 e. The van der Waals surface area contributed by atoms with E-state index in [1.165, 1.54) is 0 Å². The molecule has 0 N–H and O–H groups in total. The van der Waals surface area contributed by atoms with Crippen molar-refractivity contribution in [2.24, 2.45) is 0 Å². The third-order valence-corrected chi connectivity index (χ3v) is 2.67. The Morgan fingerprint density at radius 1 is 0.944 bits per heavy atom. The molecule has 0 atom stereocenters. The van der Waals surface area contributed by atoms with Gasteiger partial charge < -0.3 is 0 Å². The zero-order valence-electron chi connectivity index (χ0n) is 8.28. The maximum absolute atomic E-state index is 10.7. The predicted molar refractivity (Wildman–Crippen MR) is 59.8 cm³/mol. The molecule has 9 nitrogen and oxygen atoms in total. The molecule has 0 saturated carbocycles. The number of halogens is 2. The Morgan fingerprint density at radius 2 is 1.39 bits per heavy atom. The molecule has 0 aliphatic rings. The minimum atomic E-state index is -2.47. The Bertz CT molecular complexity index is 534. The van der Waals surface area contributed by atoms with Gasteiger partial charge in [-0.3, -0.25) is 30.3 Å². The van der Waals surface area contributed by atoms with Gasteiger partial charge in [0.05, 0.1) is 15.0 Å². The summed E-state index contributed by atoms with van der Waals surface area (Å²) < 4.78 is 0. The number of nitro benzene ring substituents is 1. The summed E-state index contributed by atoms with van der Waals surface area (Å²) in [7, 11) is 0. The van der Waals surface area contributed by atoms with E-state index >= 15 is 0 Å². The summed E-state index contributed by atoms with van der Waals surface area (Å²) in [6.07, 6.45) is -2.47. The van der Waals surface area contributed by atoms with Crippen LogP contribution >= 0.6 is 23.2 Å². The van der Waals surface area contributed by atoms with Crippen LogP contribution in [0.15, 0.2) is 12.1 Å². The lowest BCUT2D eigenvalue weighted by Crippen LogP contribution is -2.20. The highest BCUT2D eigenvalue weighted by Crippen LogP contribution is 2.35. The average Bonchev–Trinajstić information content (AvgIpc) is 2.21. The molecule has 1 rings (SSSR count). The summed E-state index contributed by atoms with van der Waals surface area (Å²) in [6, 6.07) is 1.48. The topological polar surface area (TPSA) is 129 Å². The molecular formula is C7H3Cl2N3O6. The highest BCUT2D eigenvalue weighted by molar-refractivity contribution is 6.42. The van der Waals surface area contributed by atoms with E-state index in [1.807, 2.05) is 0 Å². The Kier molecular flexibility index (Phi) is 3.99. The monoisotopic (exact) mass is 295 g/mol. The fraction of sp³-hybridized carbons (Fsp3) is 0.143. The minimum Gasteiger partial charge on any atom is -0.258 e. The SMILES string of the molecule is O=[N+]([O-])c1cc(Cl)c(Cl)cc1C([N+](=O)[O-])[N+](=O)[O-]. The van der Waals surface area contributed by atoms with Crippen molar-refractivity contribution >= 4 is 28.9 Å². The van der Waals surface area contributed by atoms with Gasteiger partial charge >= 0.3 is 6.17 Å². The second-order valence-electron chi connectivity index (χ2n) is 3.03. The normalized spacial score (nSPS) is 10.4. The molecule has 0 bridgehead atoms. The molecule has 0 radical (unpaired) electrons. The van der Waals surface area contributed by atoms with Gasteiger partial charge in [0.1, 0.15) is 9.85 Å². The highest BCUT2D eigenvalue weighted by Gasteiger charge is 2.41. The smallest absolute Gasteiger partial charge is 0.258 e. The number of hydrogen-bond donors (Lipinski definition) is 0. The van der Waals surface area contributed by atoms with Gasteiger partial charge in [0.15, 0.2) is 5.56 Å². The van der Waals surface area contributed by atoms with E-state index in [4.69, 9.17) is 23.2 Å². The van der Waals surface area contributed by atoms with Gasteiger partial charge in [0.25, 0.3) is 5.69 Å². The number of nitrogens with zero attached hydrogens (tertiary/aromatic N) is 3. The number of rotatable bonds is 4. The lowest BCUT2D eigenvalue weighted by Gasteiger charge is -2.04. The van der Waals surface area contributed by atoms with E-state index in [1.54, 1.807) is 0 Å². The van der Waals surface area contributed by atoms with Crippen molar-refractivity contribution in [1.29, 1.82) is 0 Å². The van der Waals surface area contributed by atoms with Crippen molar-refractivity contribution in [3.05, 3.63) is 58.1 Å². The number of nitro groups is 3. The standard InChI is InChI=1S/C7H3Cl2N3O6/c8-4-1-3(7(11(15)16)12(17)18)6(10(13)14)2-5(4)9/h1-2,7H. The van der Waals surface area contributed by atoms with Crippen LogP contribution < -0.4 is 0 Å². The van der Waals surface area contributed by atoms with Crippen LogP contribution in [-0.2, 0) is 0 Å². The molecule has 0 aromatic heterocycles. The van der Waals surface area contributed by atoms with Crippen LogP contribution in [0.4, 0.5) is 5.69 Å². The van der Waals surface area contributed by atoms with Crippen molar-refractivity contribution in [3.8, 4) is 0 Å². The first kappa shape index (κ1) is 14.1. The molecule has 1 aromatic rings. The lowest BCUT2D eigenvalue weighted by atomic mass is 10.1. The van der Waals surface area contributed by atoms with Gasteiger partial charge in [-0.25, -0.2) is 0 Å². The summed E-state index contributed by atoms with van der Waals surface area (Å²) in [5.41, 5.74) is -1.56. The van der Waals surface area contributed by atoms with Crippen LogP contribution in [0.25, 0.3) is 0 Å². The van der Waals surface area contributed by atoms with Crippen LogP contribution in [0.5, 0.6) is 0 Å². The molecule has 11 heteroatoms. The second-order valence-corrected chi connectivity index (χ2v) is 3.84. The molecule has 0 amide bonds. The van der Waals surface area contributed by atoms with Crippen molar-refractivity contribution in [1.82, 2.24) is 0 Å². The Hall–Kier alpha value is -2.00. The quantitative estimate of drug-likeness (QED) is 0.476. The fourth-order valence-corrected chi connectivity index (χ4v) is 1.55. The van der Waals surface area contributed by atoms with Gasteiger partial charge in [0, 0.05) is 6.07 Å². The van der Waals surface area contributed by atoms with Gasteiger partial charge in [0.2, 0.25) is 0 Å². The molecule has 0 heterocycles. The third kappa shape index (κ3) is 2.63. The summed E-state index contributed by atoms with van der Waals surface area (Å²) >= 11 is 11.1. The summed E-state index contributed by atoms with van der Waals surface area (Å²) in [5.74, 6) is 0. The van der Waals surface area contributed by atoms with Gasteiger partial charge in [-0.1, -0.05) is 23.2 Å². The van der Waals surface area contributed by atoms with E-state index in [2.05, 4.69) is 0 Å². The third-order valence-electron chi connectivity index (χ3n) is 1.94. The van der Waals surface area contributed by atoms with Crippen LogP contribution in [0, 0.1) is 30.3 Å². The van der Waals surface area contributed by atoms with E-state index in [0.29, 0.717) is 0 Å². The predicted octanol–water partition coefficient (Wildman–Crippen LogP) is 2.45. The van der Waals surface area contributed by atoms with Crippen molar-refractivity contribution in [3.63, 3.8) is 0 Å². The Morgan fingerprint density at radius 3 is 1.78 bits per heavy atom. The van der Waals surface area contributed by atoms with Crippen molar-refractivity contribution in [2.75, 3.05) is 0 Å². The Labute approximate surface area is 108 Å². The molecule has 1 aromatic carbocycles. The van der Waals surface area contributed by atoms with Crippen molar-refractivity contribution in [2.45, 2.75) is 6.17 Å². The summed E-state index contributed by atoms with van der Waals surface area (Å²) in [6.45, 7) is 0. The summed E-state index contributed by atoms with van der Waals surface area (Å²) in [4.78, 5) is 28.3. The molecule has 0 aliphatic heterocycles. The molecule has 18 heavy (non-hydrogen) atoms. The first-order valence-electron chi connectivity index (χ1n) is 4.16. The minimum absolute atomic E-state index is 0.224. The molecule has 96 valence electrons. The molecular weight excluding hydrogens is 293 g/mol. The zero-order valence-corrected chi connectivity index (χ0v) is 9.79. The van der Waals surface area contributed by atoms with E-state index in [-0.39, 0.29) is 10.0 Å². The van der Waals surface area contributed by atoms with E-state index in [0.717, 1.165) is 12.1 Å². The largest absolute Gasteiger partial charge is 0.483 e. The highest BCUT2D eigenvalue weighted by atomic mass is 35.5. The molecule has 0 spiro atoms. The first-order valence-corrected chi connectivity index (χ1v) is 4.91. The number of hydrogen-bond acceptors (Lipinski definition) is 6. The summed E-state index contributed by atoms with van der Waals surface area (Å²) in [5, 5.41) is 31.4. The lowest BCUT2D eigenvalue weighted by molar-refractivity contribution is -0.753. The molecule has 0 saturated heterocycles. The van der Waals surface area contributed by atoms with Crippen LogP contribution in [0.1, 0.15) is 11.7 Å².